The lowest BCUT2D eigenvalue weighted by Crippen LogP contribution is -2.34. The predicted octanol–water partition coefficient (Wildman–Crippen LogP) is 2.91. The molecule has 0 bridgehead atoms. The van der Waals surface area contributed by atoms with Crippen LogP contribution in [0.4, 0.5) is 8.78 Å². The summed E-state index contributed by atoms with van der Waals surface area (Å²) in [6.45, 7) is -0.0771. The van der Waals surface area contributed by atoms with Gasteiger partial charge in [-0.3, -0.25) is 9.79 Å². The first-order valence-corrected chi connectivity index (χ1v) is 6.99. The highest BCUT2D eigenvalue weighted by atomic mass is 19.3. The molecule has 0 aliphatic carbocycles. The standard InChI is InChI=1S/C16H15F2NO5/c1-7-11(14(20)21)13(12(15(22)23)8(2)19-7)9-4-3-5-10(6-9)24-16(17)18/h3-6,11,13,16H,1-2H3,(H,20,21)(H,22,23). The number of carboxylic acid groups (broad SMARTS) is 2. The second-order valence-electron chi connectivity index (χ2n) is 5.30. The number of ether oxygens (including phenoxy) is 1. The molecule has 1 heterocycles. The summed E-state index contributed by atoms with van der Waals surface area (Å²) < 4.78 is 29.1. The van der Waals surface area contributed by atoms with Crippen molar-refractivity contribution in [2.75, 3.05) is 0 Å². The van der Waals surface area contributed by atoms with Crippen molar-refractivity contribution in [2.45, 2.75) is 26.4 Å². The number of allylic oxidation sites excluding steroid dienone is 1. The van der Waals surface area contributed by atoms with Gasteiger partial charge in [-0.25, -0.2) is 4.79 Å². The minimum atomic E-state index is -3.04. The van der Waals surface area contributed by atoms with Crippen LogP contribution in [0.5, 0.6) is 5.75 Å². The fourth-order valence-electron chi connectivity index (χ4n) is 2.88. The first-order chi connectivity index (χ1) is 11.2. The summed E-state index contributed by atoms with van der Waals surface area (Å²) in [4.78, 5) is 27.3. The van der Waals surface area contributed by atoms with E-state index < -0.39 is 30.4 Å². The highest BCUT2D eigenvalue weighted by Gasteiger charge is 2.41. The van der Waals surface area contributed by atoms with Crippen molar-refractivity contribution >= 4 is 17.7 Å². The van der Waals surface area contributed by atoms with E-state index in [0.717, 1.165) is 0 Å². The zero-order chi connectivity index (χ0) is 18.0. The molecule has 128 valence electrons. The Kier molecular flexibility index (Phi) is 4.96. The van der Waals surface area contributed by atoms with Gasteiger partial charge in [0.1, 0.15) is 11.7 Å². The van der Waals surface area contributed by atoms with Gasteiger partial charge in [-0.1, -0.05) is 12.1 Å². The summed E-state index contributed by atoms with van der Waals surface area (Å²) in [7, 11) is 0. The molecule has 2 rings (SSSR count). The zero-order valence-corrected chi connectivity index (χ0v) is 12.9. The molecular formula is C16H15F2NO5. The van der Waals surface area contributed by atoms with Crippen LogP contribution in [-0.2, 0) is 9.59 Å². The first-order valence-electron chi connectivity index (χ1n) is 6.99. The molecule has 1 aromatic rings. The Balaban J connectivity index is 2.60. The summed E-state index contributed by atoms with van der Waals surface area (Å²) >= 11 is 0. The van der Waals surface area contributed by atoms with Crippen molar-refractivity contribution in [3.8, 4) is 5.75 Å². The van der Waals surface area contributed by atoms with Crippen molar-refractivity contribution in [2.24, 2.45) is 10.9 Å². The highest BCUT2D eigenvalue weighted by Crippen LogP contribution is 2.40. The van der Waals surface area contributed by atoms with Crippen molar-refractivity contribution in [3.05, 3.63) is 41.1 Å². The Hall–Kier alpha value is -2.77. The van der Waals surface area contributed by atoms with Crippen molar-refractivity contribution in [3.63, 3.8) is 0 Å². The number of halogens is 2. The number of benzene rings is 1. The lowest BCUT2D eigenvalue weighted by Gasteiger charge is -2.29. The van der Waals surface area contributed by atoms with E-state index in [1.807, 2.05) is 0 Å². The minimum Gasteiger partial charge on any atom is -0.481 e. The highest BCUT2D eigenvalue weighted by molar-refractivity contribution is 6.06. The van der Waals surface area contributed by atoms with E-state index in [1.54, 1.807) is 0 Å². The third-order valence-electron chi connectivity index (χ3n) is 3.77. The van der Waals surface area contributed by atoms with Crippen LogP contribution < -0.4 is 4.74 Å². The lowest BCUT2D eigenvalue weighted by molar-refractivity contribution is -0.140. The number of aliphatic carboxylic acids is 2. The molecule has 0 radical (unpaired) electrons. The van der Waals surface area contributed by atoms with Crippen LogP contribution in [0.1, 0.15) is 25.3 Å². The maximum absolute atomic E-state index is 12.4. The number of carboxylic acids is 2. The average molecular weight is 339 g/mol. The SMILES string of the molecule is CC1=NC(C)=C(C(=O)O)C(c2cccc(OC(F)F)c2)C1C(=O)O. The third kappa shape index (κ3) is 3.42. The van der Waals surface area contributed by atoms with Gasteiger partial charge in [0.25, 0.3) is 0 Å². The second-order valence-corrected chi connectivity index (χ2v) is 5.30. The largest absolute Gasteiger partial charge is 0.481 e. The van der Waals surface area contributed by atoms with E-state index in [1.165, 1.54) is 38.1 Å². The molecule has 8 heteroatoms. The van der Waals surface area contributed by atoms with E-state index in [4.69, 9.17) is 0 Å². The Morgan fingerprint density at radius 1 is 1.25 bits per heavy atom. The topological polar surface area (TPSA) is 96.2 Å². The Labute approximate surface area is 136 Å². The van der Waals surface area contributed by atoms with E-state index in [-0.39, 0.29) is 28.3 Å². The van der Waals surface area contributed by atoms with Gasteiger partial charge in [-0.2, -0.15) is 8.78 Å². The maximum Gasteiger partial charge on any atom is 0.387 e. The first kappa shape index (κ1) is 17.6. The minimum absolute atomic E-state index is 0.172. The molecular weight excluding hydrogens is 324 g/mol. The number of hydrogen-bond donors (Lipinski definition) is 2. The van der Waals surface area contributed by atoms with Gasteiger partial charge in [0, 0.05) is 17.3 Å². The second kappa shape index (κ2) is 6.77. The van der Waals surface area contributed by atoms with Crippen molar-refractivity contribution in [1.82, 2.24) is 0 Å². The number of rotatable bonds is 5. The molecule has 0 saturated heterocycles. The lowest BCUT2D eigenvalue weighted by atomic mass is 9.75. The maximum atomic E-state index is 12.4. The zero-order valence-electron chi connectivity index (χ0n) is 12.9. The number of nitrogens with zero attached hydrogens (tertiary/aromatic N) is 1. The van der Waals surface area contributed by atoms with Crippen LogP contribution in [0.25, 0.3) is 0 Å². The van der Waals surface area contributed by atoms with E-state index in [9.17, 15) is 28.6 Å². The van der Waals surface area contributed by atoms with Crippen LogP contribution in [0.3, 0.4) is 0 Å². The molecule has 1 aliphatic rings. The summed E-state index contributed by atoms with van der Waals surface area (Å²) in [5.74, 6) is -4.98. The predicted molar refractivity (Wildman–Crippen MR) is 80.4 cm³/mol. The van der Waals surface area contributed by atoms with Crippen LogP contribution in [0.15, 0.2) is 40.5 Å². The Bertz CT molecular complexity index is 742. The van der Waals surface area contributed by atoms with Crippen LogP contribution in [0.2, 0.25) is 0 Å². The molecule has 2 atom stereocenters. The Morgan fingerprint density at radius 2 is 1.92 bits per heavy atom. The van der Waals surface area contributed by atoms with Gasteiger partial charge in [-0.05, 0) is 31.5 Å². The Morgan fingerprint density at radius 3 is 2.46 bits per heavy atom. The monoisotopic (exact) mass is 339 g/mol. The molecule has 2 N–H and O–H groups in total. The van der Waals surface area contributed by atoms with Crippen molar-refractivity contribution < 1.29 is 33.3 Å². The quantitative estimate of drug-likeness (QED) is 0.860. The molecule has 1 aliphatic heterocycles. The van der Waals surface area contributed by atoms with Crippen LogP contribution in [0, 0.1) is 5.92 Å². The number of aliphatic imine (C=N–C) groups is 1. The summed E-state index contributed by atoms with van der Waals surface area (Å²) in [6.07, 6.45) is 0. The number of hydrogen-bond acceptors (Lipinski definition) is 4. The van der Waals surface area contributed by atoms with E-state index in [2.05, 4.69) is 9.73 Å². The van der Waals surface area contributed by atoms with Crippen LogP contribution >= 0.6 is 0 Å². The van der Waals surface area contributed by atoms with Gasteiger partial charge in [0.2, 0.25) is 0 Å². The molecule has 0 fully saturated rings. The van der Waals surface area contributed by atoms with Crippen molar-refractivity contribution in [1.29, 1.82) is 0 Å². The summed E-state index contributed by atoms with van der Waals surface area (Å²) in [6, 6.07) is 5.39. The molecule has 1 aromatic carbocycles. The van der Waals surface area contributed by atoms with Gasteiger partial charge < -0.3 is 14.9 Å². The number of alkyl halides is 2. The van der Waals surface area contributed by atoms with Gasteiger partial charge in [0.05, 0.1) is 5.57 Å². The molecule has 0 saturated carbocycles. The molecule has 0 aromatic heterocycles. The molecule has 0 amide bonds. The van der Waals surface area contributed by atoms with E-state index in [0.29, 0.717) is 0 Å². The average Bonchev–Trinajstić information content (AvgIpc) is 2.44. The molecule has 2 unspecified atom stereocenters. The normalized spacial score (nSPS) is 20.8. The molecule has 24 heavy (non-hydrogen) atoms. The van der Waals surface area contributed by atoms with Gasteiger partial charge >= 0.3 is 18.6 Å². The van der Waals surface area contributed by atoms with E-state index >= 15 is 0 Å². The summed E-state index contributed by atoms with van der Waals surface area (Å²) in [5, 5.41) is 19.0. The third-order valence-corrected chi connectivity index (χ3v) is 3.77. The number of carbonyl (C=O) groups is 2. The molecule has 0 spiro atoms. The van der Waals surface area contributed by atoms with Gasteiger partial charge in [-0.15, -0.1) is 0 Å². The van der Waals surface area contributed by atoms with Gasteiger partial charge in [0.15, 0.2) is 0 Å². The van der Waals surface area contributed by atoms with Crippen LogP contribution in [-0.4, -0.2) is 34.5 Å². The fraction of sp³-hybridized carbons (Fsp3) is 0.312. The molecule has 6 nitrogen and oxygen atoms in total. The smallest absolute Gasteiger partial charge is 0.387 e. The summed E-state index contributed by atoms with van der Waals surface area (Å²) in [5.41, 5.74) is 0.506. The fourth-order valence-corrected chi connectivity index (χ4v) is 2.88.